The lowest BCUT2D eigenvalue weighted by atomic mass is 10.0. The van der Waals surface area contributed by atoms with Gasteiger partial charge in [-0.05, 0) is 11.6 Å². The molecule has 0 aliphatic carbocycles. The molecule has 1 aliphatic heterocycles. The summed E-state index contributed by atoms with van der Waals surface area (Å²) >= 11 is 6.23. The van der Waals surface area contributed by atoms with Crippen LogP contribution in [0.3, 0.4) is 0 Å². The van der Waals surface area contributed by atoms with Crippen molar-refractivity contribution in [3.05, 3.63) is 34.9 Å². The molecule has 1 saturated heterocycles. The monoisotopic (exact) mass is 270 g/mol. The van der Waals surface area contributed by atoms with E-state index in [-0.39, 0.29) is 18.7 Å². The smallest absolute Gasteiger partial charge is 0.0645 e. The molecule has 1 aromatic rings. The molecular weight excluding hydrogens is 252 g/mol. The van der Waals surface area contributed by atoms with Crippen LogP contribution in [0.15, 0.2) is 24.3 Å². The molecule has 2 atom stereocenters. The third kappa shape index (κ3) is 2.84. The van der Waals surface area contributed by atoms with E-state index in [0.717, 1.165) is 17.1 Å². The maximum Gasteiger partial charge on any atom is 0.0645 e. The second kappa shape index (κ2) is 6.50. The number of hydrogen-bond acceptors (Lipinski definition) is 4. The molecule has 1 aromatic carbocycles. The Morgan fingerprint density at radius 1 is 1.50 bits per heavy atom. The third-order valence-corrected chi connectivity index (χ3v) is 3.72. The second-order valence-corrected chi connectivity index (χ2v) is 4.83. The van der Waals surface area contributed by atoms with Crippen LogP contribution in [0.4, 0.5) is 0 Å². The van der Waals surface area contributed by atoms with Crippen LogP contribution in [0.5, 0.6) is 0 Å². The van der Waals surface area contributed by atoms with Gasteiger partial charge in [-0.2, -0.15) is 0 Å². The van der Waals surface area contributed by atoms with E-state index >= 15 is 0 Å². The van der Waals surface area contributed by atoms with Crippen LogP contribution in [-0.4, -0.2) is 49.0 Å². The summed E-state index contributed by atoms with van der Waals surface area (Å²) in [6.45, 7) is 2.51. The van der Waals surface area contributed by atoms with E-state index in [9.17, 15) is 5.11 Å². The fourth-order valence-corrected chi connectivity index (χ4v) is 2.68. The number of nitrogens with two attached hydrogens (primary N) is 1. The summed E-state index contributed by atoms with van der Waals surface area (Å²) < 4.78 is 5.39. The van der Waals surface area contributed by atoms with Gasteiger partial charge >= 0.3 is 0 Å². The minimum Gasteiger partial charge on any atom is -0.395 e. The number of morpholine rings is 1. The molecule has 18 heavy (non-hydrogen) atoms. The van der Waals surface area contributed by atoms with Crippen LogP contribution in [0, 0.1) is 0 Å². The Morgan fingerprint density at radius 2 is 2.28 bits per heavy atom. The predicted octanol–water partition coefficient (Wildman–Crippen LogP) is 1.03. The highest BCUT2D eigenvalue weighted by atomic mass is 35.5. The Hall–Kier alpha value is -0.650. The number of aliphatic hydroxyl groups excluding tert-OH is 1. The number of hydrogen-bond donors (Lipinski definition) is 2. The summed E-state index contributed by atoms with van der Waals surface area (Å²) in [5.74, 6) is 0. The lowest BCUT2D eigenvalue weighted by molar-refractivity contribution is -0.0463. The summed E-state index contributed by atoms with van der Waals surface area (Å²) in [5.41, 5.74) is 6.91. The third-order valence-electron chi connectivity index (χ3n) is 3.37. The van der Waals surface area contributed by atoms with E-state index in [1.165, 1.54) is 0 Å². The van der Waals surface area contributed by atoms with Crippen molar-refractivity contribution in [2.45, 2.75) is 12.1 Å². The minimum absolute atomic E-state index is 0.0106. The largest absolute Gasteiger partial charge is 0.395 e. The summed E-state index contributed by atoms with van der Waals surface area (Å²) in [7, 11) is 0. The Balaban J connectivity index is 2.24. The first kappa shape index (κ1) is 13.8. The van der Waals surface area contributed by atoms with Gasteiger partial charge in [-0.1, -0.05) is 29.8 Å². The number of aliphatic hydroxyl groups is 1. The van der Waals surface area contributed by atoms with Crippen molar-refractivity contribution < 1.29 is 9.84 Å². The zero-order chi connectivity index (χ0) is 13.0. The van der Waals surface area contributed by atoms with Gasteiger partial charge in [-0.25, -0.2) is 0 Å². The minimum atomic E-state index is -0.0106. The Labute approximate surface area is 112 Å². The zero-order valence-corrected chi connectivity index (χ0v) is 11.0. The first-order valence-corrected chi connectivity index (χ1v) is 6.54. The molecule has 0 radical (unpaired) electrons. The Kier molecular flexibility index (Phi) is 4.97. The van der Waals surface area contributed by atoms with Crippen molar-refractivity contribution in [1.82, 2.24) is 4.90 Å². The van der Waals surface area contributed by atoms with Crippen molar-refractivity contribution in [2.75, 3.05) is 32.9 Å². The first-order valence-electron chi connectivity index (χ1n) is 6.16. The van der Waals surface area contributed by atoms with E-state index in [1.807, 2.05) is 24.3 Å². The summed E-state index contributed by atoms with van der Waals surface area (Å²) in [6.07, 6.45) is 0. The quantitative estimate of drug-likeness (QED) is 0.858. The molecule has 2 unspecified atom stereocenters. The molecule has 100 valence electrons. The first-order chi connectivity index (χ1) is 8.77. The highest BCUT2D eigenvalue weighted by molar-refractivity contribution is 6.31. The average molecular weight is 271 g/mol. The maximum absolute atomic E-state index is 9.43. The SMILES string of the molecule is NCC(c1ccccc1Cl)N1CCOCC1CO. The molecule has 1 fully saturated rings. The molecule has 3 N–H and O–H groups in total. The molecule has 5 heteroatoms. The van der Waals surface area contributed by atoms with Crippen LogP contribution in [0.1, 0.15) is 11.6 Å². The highest BCUT2D eigenvalue weighted by Gasteiger charge is 2.30. The zero-order valence-electron chi connectivity index (χ0n) is 10.3. The van der Waals surface area contributed by atoms with Crippen molar-refractivity contribution in [3.8, 4) is 0 Å². The molecule has 1 aliphatic rings. The van der Waals surface area contributed by atoms with Gasteiger partial charge in [-0.3, -0.25) is 4.90 Å². The number of ether oxygens (including phenoxy) is 1. The molecular formula is C13H19ClN2O2. The van der Waals surface area contributed by atoms with Crippen LogP contribution in [0.25, 0.3) is 0 Å². The van der Waals surface area contributed by atoms with Crippen LogP contribution < -0.4 is 5.73 Å². The van der Waals surface area contributed by atoms with E-state index in [4.69, 9.17) is 22.1 Å². The van der Waals surface area contributed by atoms with Crippen molar-refractivity contribution in [1.29, 1.82) is 0 Å². The number of rotatable bonds is 4. The molecule has 0 aromatic heterocycles. The predicted molar refractivity (Wildman–Crippen MR) is 71.6 cm³/mol. The fraction of sp³-hybridized carbons (Fsp3) is 0.538. The fourth-order valence-electron chi connectivity index (χ4n) is 2.42. The van der Waals surface area contributed by atoms with Crippen LogP contribution >= 0.6 is 11.6 Å². The van der Waals surface area contributed by atoms with E-state index < -0.39 is 0 Å². The average Bonchev–Trinajstić information content (AvgIpc) is 2.42. The summed E-state index contributed by atoms with van der Waals surface area (Å²) in [5, 5.41) is 10.1. The Morgan fingerprint density at radius 3 is 2.94 bits per heavy atom. The molecule has 2 rings (SSSR count). The molecule has 0 saturated carbocycles. The van der Waals surface area contributed by atoms with E-state index in [2.05, 4.69) is 4.90 Å². The molecule has 0 spiro atoms. The van der Waals surface area contributed by atoms with E-state index in [1.54, 1.807) is 0 Å². The number of nitrogens with zero attached hydrogens (tertiary/aromatic N) is 1. The summed E-state index contributed by atoms with van der Waals surface area (Å²) in [4.78, 5) is 2.19. The second-order valence-electron chi connectivity index (χ2n) is 4.42. The van der Waals surface area contributed by atoms with Gasteiger partial charge in [-0.15, -0.1) is 0 Å². The lowest BCUT2D eigenvalue weighted by Gasteiger charge is -2.40. The van der Waals surface area contributed by atoms with Gasteiger partial charge in [0.15, 0.2) is 0 Å². The van der Waals surface area contributed by atoms with Gasteiger partial charge in [0.2, 0.25) is 0 Å². The van der Waals surface area contributed by atoms with Gasteiger partial charge < -0.3 is 15.6 Å². The molecule has 4 nitrogen and oxygen atoms in total. The van der Waals surface area contributed by atoms with Gasteiger partial charge in [0.1, 0.15) is 0 Å². The lowest BCUT2D eigenvalue weighted by Crippen LogP contribution is -2.50. The maximum atomic E-state index is 9.43. The van der Waals surface area contributed by atoms with E-state index in [0.29, 0.717) is 19.8 Å². The van der Waals surface area contributed by atoms with Gasteiger partial charge in [0, 0.05) is 24.2 Å². The van der Waals surface area contributed by atoms with Gasteiger partial charge in [0.05, 0.1) is 25.9 Å². The Bertz CT molecular complexity index is 389. The van der Waals surface area contributed by atoms with Gasteiger partial charge in [0.25, 0.3) is 0 Å². The van der Waals surface area contributed by atoms with Crippen LogP contribution in [-0.2, 0) is 4.74 Å². The summed E-state index contributed by atoms with van der Waals surface area (Å²) in [6, 6.07) is 7.74. The van der Waals surface area contributed by atoms with Crippen LogP contribution in [0.2, 0.25) is 5.02 Å². The number of benzene rings is 1. The standard InChI is InChI=1S/C13H19ClN2O2/c14-12-4-2-1-3-11(12)13(7-15)16-5-6-18-9-10(16)8-17/h1-4,10,13,17H,5-9,15H2. The van der Waals surface area contributed by atoms with Crippen molar-refractivity contribution in [2.24, 2.45) is 5.73 Å². The highest BCUT2D eigenvalue weighted by Crippen LogP contribution is 2.29. The molecule has 0 bridgehead atoms. The molecule has 0 amide bonds. The normalized spacial score (nSPS) is 22.9. The van der Waals surface area contributed by atoms with Crippen molar-refractivity contribution >= 4 is 11.6 Å². The topological polar surface area (TPSA) is 58.7 Å². The molecule has 1 heterocycles. The number of halogens is 1. The van der Waals surface area contributed by atoms with Crippen molar-refractivity contribution in [3.63, 3.8) is 0 Å².